The lowest BCUT2D eigenvalue weighted by Crippen LogP contribution is -2.35. The van der Waals surface area contributed by atoms with Crippen LogP contribution in [0.5, 0.6) is 0 Å². The number of rotatable bonds is 3. The van der Waals surface area contributed by atoms with E-state index in [2.05, 4.69) is 0 Å². The molecule has 5 nitrogen and oxygen atoms in total. The summed E-state index contributed by atoms with van der Waals surface area (Å²) in [7, 11) is 0. The fourth-order valence-corrected chi connectivity index (χ4v) is 0.527. The van der Waals surface area contributed by atoms with Crippen molar-refractivity contribution in [3.63, 3.8) is 0 Å². The average Bonchev–Trinajstić information content (AvgIpc) is 1.63. The van der Waals surface area contributed by atoms with Gasteiger partial charge in [0.05, 0.1) is 5.97 Å². The molecule has 0 aliphatic rings. The molecule has 6 heteroatoms. The summed E-state index contributed by atoms with van der Waals surface area (Å²) in [5, 5.41) is 19.4. The summed E-state index contributed by atoms with van der Waals surface area (Å²) >= 11 is 1.44. The van der Waals surface area contributed by atoms with Gasteiger partial charge in [0.15, 0.2) is 0 Å². The van der Waals surface area contributed by atoms with Gasteiger partial charge in [0.2, 0.25) is 6.54 Å². The third kappa shape index (κ3) is 4.13. The maximum absolute atomic E-state index is 9.81. The van der Waals surface area contributed by atoms with Crippen LogP contribution in [0.3, 0.4) is 0 Å². The summed E-state index contributed by atoms with van der Waals surface area (Å²) in [4.78, 5) is 18.7. The maximum Gasteiger partial charge on any atom is 0.220 e. The molecule has 9 heavy (non-hydrogen) atoms. The molecule has 0 spiro atoms. The lowest BCUT2D eigenvalue weighted by Gasteiger charge is -2.03. The molecule has 0 N–H and O–H groups in total. The molecule has 0 aromatic heterocycles. The SMILES string of the molecule is O=C([O-])C(I)C[N+](=O)[O-]. The lowest BCUT2D eigenvalue weighted by molar-refractivity contribution is -0.478. The van der Waals surface area contributed by atoms with Crippen molar-refractivity contribution in [2.24, 2.45) is 0 Å². The Morgan fingerprint density at radius 1 is 1.78 bits per heavy atom. The van der Waals surface area contributed by atoms with E-state index in [-0.39, 0.29) is 0 Å². The second-order valence-corrected chi connectivity index (χ2v) is 2.81. The van der Waals surface area contributed by atoms with E-state index in [0.717, 1.165) is 0 Å². The molecule has 0 saturated heterocycles. The monoisotopic (exact) mass is 244 g/mol. The first kappa shape index (κ1) is 8.60. The van der Waals surface area contributed by atoms with Gasteiger partial charge in [0.25, 0.3) is 0 Å². The van der Waals surface area contributed by atoms with Crippen LogP contribution in [-0.2, 0) is 4.79 Å². The number of hydrogen-bond donors (Lipinski definition) is 0. The number of carbonyl (C=O) groups is 1. The van der Waals surface area contributed by atoms with Gasteiger partial charge in [-0.15, -0.1) is 0 Å². The molecule has 0 rings (SSSR count). The van der Waals surface area contributed by atoms with E-state index in [4.69, 9.17) is 0 Å². The highest BCUT2D eigenvalue weighted by Gasteiger charge is 2.10. The second kappa shape index (κ2) is 3.59. The molecule has 0 amide bonds. The summed E-state index contributed by atoms with van der Waals surface area (Å²) in [5.41, 5.74) is 0. The highest BCUT2D eigenvalue weighted by molar-refractivity contribution is 14.1. The third-order valence-corrected chi connectivity index (χ3v) is 1.47. The molecule has 0 radical (unpaired) electrons. The fourth-order valence-electron chi connectivity index (χ4n) is 0.205. The Labute approximate surface area is 64.3 Å². The van der Waals surface area contributed by atoms with Crippen molar-refractivity contribution >= 4 is 28.6 Å². The molecule has 0 aliphatic heterocycles. The zero-order chi connectivity index (χ0) is 7.44. The molecule has 1 atom stereocenters. The number of aliphatic carboxylic acids is 1. The van der Waals surface area contributed by atoms with E-state index in [1.54, 1.807) is 0 Å². The summed E-state index contributed by atoms with van der Waals surface area (Å²) in [5.74, 6) is -1.40. The predicted octanol–water partition coefficient (Wildman–Crippen LogP) is -1.18. The van der Waals surface area contributed by atoms with Gasteiger partial charge < -0.3 is 9.90 Å². The van der Waals surface area contributed by atoms with E-state index >= 15 is 0 Å². The molecule has 52 valence electrons. The van der Waals surface area contributed by atoms with E-state index < -0.39 is 21.4 Å². The highest BCUT2D eigenvalue weighted by Crippen LogP contribution is 1.97. The first-order chi connectivity index (χ1) is 4.04. The zero-order valence-corrected chi connectivity index (χ0v) is 6.40. The van der Waals surface area contributed by atoms with E-state index in [0.29, 0.717) is 0 Å². The number of carboxylic acid groups (broad SMARTS) is 1. The molecule has 0 heterocycles. The van der Waals surface area contributed by atoms with Crippen molar-refractivity contribution in [2.75, 3.05) is 6.54 Å². The Balaban J connectivity index is 3.63. The van der Waals surface area contributed by atoms with Crippen LogP contribution in [0.15, 0.2) is 0 Å². The van der Waals surface area contributed by atoms with Crippen molar-refractivity contribution < 1.29 is 14.8 Å². The quantitative estimate of drug-likeness (QED) is 0.270. The van der Waals surface area contributed by atoms with Crippen LogP contribution in [0.1, 0.15) is 0 Å². The number of alkyl halides is 1. The Bertz CT molecular complexity index is 136. The highest BCUT2D eigenvalue weighted by atomic mass is 127. The summed E-state index contributed by atoms with van der Waals surface area (Å²) in [6.07, 6.45) is 0. The van der Waals surface area contributed by atoms with Crippen LogP contribution in [0, 0.1) is 10.1 Å². The van der Waals surface area contributed by atoms with Crippen LogP contribution in [0.25, 0.3) is 0 Å². The van der Waals surface area contributed by atoms with Gasteiger partial charge in [-0.3, -0.25) is 10.1 Å². The van der Waals surface area contributed by atoms with Crippen molar-refractivity contribution in [1.82, 2.24) is 0 Å². The average molecular weight is 244 g/mol. The van der Waals surface area contributed by atoms with Crippen LogP contribution in [-0.4, -0.2) is 21.4 Å². The second-order valence-electron chi connectivity index (χ2n) is 1.30. The minimum Gasteiger partial charge on any atom is -0.549 e. The van der Waals surface area contributed by atoms with Gasteiger partial charge in [0, 0.05) is 4.92 Å². The normalized spacial score (nSPS) is 12.6. The van der Waals surface area contributed by atoms with Gasteiger partial charge in [-0.1, -0.05) is 22.6 Å². The third-order valence-electron chi connectivity index (χ3n) is 0.565. The van der Waals surface area contributed by atoms with Crippen molar-refractivity contribution in [3.05, 3.63) is 10.1 Å². The Morgan fingerprint density at radius 2 is 2.22 bits per heavy atom. The van der Waals surface area contributed by atoms with E-state index in [1.807, 2.05) is 0 Å². The predicted molar refractivity (Wildman–Crippen MR) is 34.7 cm³/mol. The molecule has 0 fully saturated rings. The number of carboxylic acids is 1. The van der Waals surface area contributed by atoms with Gasteiger partial charge in [-0.2, -0.15) is 0 Å². The number of hydrogen-bond acceptors (Lipinski definition) is 4. The molecular formula is C3H3INO4-. The smallest absolute Gasteiger partial charge is 0.220 e. The number of nitrogens with zero attached hydrogens (tertiary/aromatic N) is 1. The number of nitro groups is 1. The van der Waals surface area contributed by atoms with Gasteiger partial charge in [-0.05, 0) is 0 Å². The van der Waals surface area contributed by atoms with Crippen LogP contribution in [0.2, 0.25) is 0 Å². The van der Waals surface area contributed by atoms with E-state index in [1.165, 1.54) is 22.6 Å². The van der Waals surface area contributed by atoms with Crippen LogP contribution >= 0.6 is 22.6 Å². The summed E-state index contributed by atoms with van der Waals surface area (Å²) < 4.78 is -1.03. The standard InChI is InChI=1S/C3H4INO4/c4-2(3(6)7)1-5(8)9/h2H,1H2,(H,6,7)/p-1. The molecule has 1 unspecified atom stereocenters. The first-order valence-corrected chi connectivity index (χ1v) is 3.25. The zero-order valence-electron chi connectivity index (χ0n) is 4.24. The molecule has 0 aromatic carbocycles. The number of halogens is 1. The topological polar surface area (TPSA) is 83.3 Å². The molecule has 0 aromatic rings. The molecule has 0 aliphatic carbocycles. The molecule has 0 bridgehead atoms. The summed E-state index contributed by atoms with van der Waals surface area (Å²) in [6.45, 7) is -0.580. The molecule has 0 saturated carbocycles. The van der Waals surface area contributed by atoms with Crippen molar-refractivity contribution in [1.29, 1.82) is 0 Å². The van der Waals surface area contributed by atoms with Gasteiger partial charge in [0.1, 0.15) is 3.92 Å². The largest absolute Gasteiger partial charge is 0.549 e. The minimum atomic E-state index is -1.40. The Hall–Kier alpha value is -0.400. The minimum absolute atomic E-state index is 0.580. The van der Waals surface area contributed by atoms with E-state index in [9.17, 15) is 20.0 Å². The molecular weight excluding hydrogens is 241 g/mol. The van der Waals surface area contributed by atoms with Crippen molar-refractivity contribution in [2.45, 2.75) is 3.92 Å². The Morgan fingerprint density at radius 3 is 2.33 bits per heavy atom. The van der Waals surface area contributed by atoms with Crippen LogP contribution < -0.4 is 5.11 Å². The summed E-state index contributed by atoms with van der Waals surface area (Å²) in [6, 6.07) is 0. The lowest BCUT2D eigenvalue weighted by atomic mass is 10.4. The maximum atomic E-state index is 9.81. The first-order valence-electron chi connectivity index (χ1n) is 2.00. The van der Waals surface area contributed by atoms with Gasteiger partial charge in [-0.25, -0.2) is 0 Å². The van der Waals surface area contributed by atoms with Crippen LogP contribution in [0.4, 0.5) is 0 Å². The van der Waals surface area contributed by atoms with Gasteiger partial charge >= 0.3 is 0 Å². The number of carbonyl (C=O) groups excluding carboxylic acids is 1. The fraction of sp³-hybridized carbons (Fsp3) is 0.667. The Kier molecular flexibility index (Phi) is 3.43. The van der Waals surface area contributed by atoms with Crippen molar-refractivity contribution in [3.8, 4) is 0 Å².